The Morgan fingerprint density at radius 3 is 2.82 bits per heavy atom. The van der Waals surface area contributed by atoms with Crippen LogP contribution >= 0.6 is 0 Å². The first kappa shape index (κ1) is 14.4. The lowest BCUT2D eigenvalue weighted by atomic mass is 10.0. The van der Waals surface area contributed by atoms with E-state index < -0.39 is 0 Å². The third-order valence-electron chi connectivity index (χ3n) is 3.97. The van der Waals surface area contributed by atoms with Crippen molar-refractivity contribution in [2.75, 3.05) is 6.54 Å². The van der Waals surface area contributed by atoms with E-state index in [-0.39, 0.29) is 18.1 Å². The second-order valence-corrected chi connectivity index (χ2v) is 5.48. The van der Waals surface area contributed by atoms with Gasteiger partial charge in [-0.25, -0.2) is 4.79 Å². The van der Waals surface area contributed by atoms with Crippen LogP contribution in [0.3, 0.4) is 0 Å². The van der Waals surface area contributed by atoms with Crippen molar-refractivity contribution in [1.82, 2.24) is 15.2 Å². The summed E-state index contributed by atoms with van der Waals surface area (Å²) >= 11 is 0. The maximum Gasteiger partial charge on any atom is 0.317 e. The molecule has 0 fully saturated rings. The summed E-state index contributed by atoms with van der Waals surface area (Å²) in [5, 5.41) is 2.84. The Hall–Kier alpha value is -2.56. The largest absolute Gasteiger partial charge is 0.334 e. The molecule has 1 aliphatic heterocycles. The van der Waals surface area contributed by atoms with Crippen LogP contribution in [-0.4, -0.2) is 22.5 Å². The number of aryl methyl sites for hydroxylation is 1. The number of pyridine rings is 1. The monoisotopic (exact) mass is 297 g/mol. The molecule has 2 aromatic rings. The molecule has 5 heteroatoms. The van der Waals surface area contributed by atoms with E-state index in [0.717, 1.165) is 19.4 Å². The predicted octanol–water partition coefficient (Wildman–Crippen LogP) is 2.03. The van der Waals surface area contributed by atoms with Crippen molar-refractivity contribution in [3.63, 3.8) is 0 Å². The number of carbonyl (C=O) groups excluding carboxylic acids is 1. The normalized spacial score (nSPS) is 14.1. The van der Waals surface area contributed by atoms with E-state index in [9.17, 15) is 9.59 Å². The summed E-state index contributed by atoms with van der Waals surface area (Å²) in [6, 6.07) is 11.6. The number of rotatable bonds is 2. The summed E-state index contributed by atoms with van der Waals surface area (Å²) in [6.07, 6.45) is 3.54. The Bertz CT molecular complexity index is 724. The third-order valence-corrected chi connectivity index (χ3v) is 3.97. The molecule has 1 aliphatic rings. The molecule has 1 aromatic heterocycles. The average Bonchev–Trinajstić information content (AvgIpc) is 2.76. The highest BCUT2D eigenvalue weighted by Crippen LogP contribution is 2.18. The number of amides is 2. The topological polar surface area (TPSA) is 65.2 Å². The fraction of sp³-hybridized carbons (Fsp3) is 0.294. The number of hydrogen-bond acceptors (Lipinski definition) is 2. The molecule has 0 atom stereocenters. The fourth-order valence-electron chi connectivity index (χ4n) is 2.75. The molecule has 0 spiro atoms. The molecule has 0 aliphatic carbocycles. The van der Waals surface area contributed by atoms with Crippen molar-refractivity contribution in [3.8, 4) is 0 Å². The smallest absolute Gasteiger partial charge is 0.317 e. The van der Waals surface area contributed by atoms with E-state index >= 15 is 0 Å². The van der Waals surface area contributed by atoms with E-state index in [2.05, 4.69) is 22.4 Å². The molecule has 2 heterocycles. The van der Waals surface area contributed by atoms with Gasteiger partial charge in [-0.15, -0.1) is 0 Å². The van der Waals surface area contributed by atoms with Gasteiger partial charge in [-0.3, -0.25) is 4.79 Å². The standard InChI is InChI=1S/C17H19N3O2/c21-16-14(7-3-9-18-16)11-19-17(22)20-10-4-8-13-5-1-2-6-15(13)12-20/h1-3,5-7,9H,4,8,10-12H2,(H,18,21)(H,19,22). The van der Waals surface area contributed by atoms with Gasteiger partial charge in [0.25, 0.3) is 5.56 Å². The number of aromatic amines is 1. The van der Waals surface area contributed by atoms with Gasteiger partial charge in [0.1, 0.15) is 0 Å². The Kier molecular flexibility index (Phi) is 4.23. The lowest BCUT2D eigenvalue weighted by Gasteiger charge is -2.21. The Morgan fingerprint density at radius 2 is 2.00 bits per heavy atom. The maximum atomic E-state index is 12.3. The third kappa shape index (κ3) is 3.19. The minimum absolute atomic E-state index is 0.125. The molecule has 0 saturated heterocycles. The molecule has 5 nitrogen and oxygen atoms in total. The summed E-state index contributed by atoms with van der Waals surface area (Å²) in [4.78, 5) is 28.4. The molecule has 1 aromatic carbocycles. The fourth-order valence-corrected chi connectivity index (χ4v) is 2.75. The van der Waals surface area contributed by atoms with Gasteiger partial charge >= 0.3 is 6.03 Å². The summed E-state index contributed by atoms with van der Waals surface area (Å²) < 4.78 is 0. The molecular formula is C17H19N3O2. The van der Waals surface area contributed by atoms with Crippen molar-refractivity contribution in [2.45, 2.75) is 25.9 Å². The zero-order chi connectivity index (χ0) is 15.4. The molecule has 114 valence electrons. The van der Waals surface area contributed by atoms with Crippen LogP contribution in [0, 0.1) is 0 Å². The van der Waals surface area contributed by atoms with Crippen LogP contribution in [0.1, 0.15) is 23.1 Å². The van der Waals surface area contributed by atoms with Gasteiger partial charge in [-0.05, 0) is 30.0 Å². The number of carbonyl (C=O) groups is 1. The number of nitrogens with zero attached hydrogens (tertiary/aromatic N) is 1. The predicted molar refractivity (Wildman–Crippen MR) is 84.5 cm³/mol. The lowest BCUT2D eigenvalue weighted by molar-refractivity contribution is 0.195. The van der Waals surface area contributed by atoms with Crippen molar-refractivity contribution >= 4 is 6.03 Å². The number of H-pyrrole nitrogens is 1. The highest BCUT2D eigenvalue weighted by atomic mass is 16.2. The minimum Gasteiger partial charge on any atom is -0.334 e. The molecule has 2 amide bonds. The first-order chi connectivity index (χ1) is 10.7. The average molecular weight is 297 g/mol. The zero-order valence-corrected chi connectivity index (χ0v) is 12.3. The molecule has 0 bridgehead atoms. The van der Waals surface area contributed by atoms with Crippen LogP contribution in [-0.2, 0) is 19.5 Å². The van der Waals surface area contributed by atoms with Gasteiger partial charge in [0.15, 0.2) is 0 Å². The Morgan fingerprint density at radius 1 is 1.18 bits per heavy atom. The van der Waals surface area contributed by atoms with E-state index in [1.807, 2.05) is 17.0 Å². The number of hydrogen-bond donors (Lipinski definition) is 2. The Labute approximate surface area is 129 Å². The second kappa shape index (κ2) is 6.47. The van der Waals surface area contributed by atoms with Crippen LogP contribution in [0.25, 0.3) is 0 Å². The van der Waals surface area contributed by atoms with Crippen molar-refractivity contribution < 1.29 is 4.79 Å². The van der Waals surface area contributed by atoms with Crippen molar-refractivity contribution in [2.24, 2.45) is 0 Å². The molecule has 3 rings (SSSR count). The number of fused-ring (bicyclic) bond motifs is 1. The van der Waals surface area contributed by atoms with Gasteiger partial charge in [-0.2, -0.15) is 0 Å². The lowest BCUT2D eigenvalue weighted by Crippen LogP contribution is -2.40. The van der Waals surface area contributed by atoms with E-state index in [1.165, 1.54) is 11.1 Å². The van der Waals surface area contributed by atoms with Crippen molar-refractivity contribution in [1.29, 1.82) is 0 Å². The van der Waals surface area contributed by atoms with Crippen LogP contribution in [0.5, 0.6) is 0 Å². The second-order valence-electron chi connectivity index (χ2n) is 5.48. The number of benzene rings is 1. The summed E-state index contributed by atoms with van der Waals surface area (Å²) in [5.41, 5.74) is 2.92. The SMILES string of the molecule is O=C(NCc1ccc[nH]c1=O)N1CCCc2ccccc2C1. The number of aromatic nitrogens is 1. The van der Waals surface area contributed by atoms with Crippen LogP contribution < -0.4 is 10.9 Å². The molecule has 22 heavy (non-hydrogen) atoms. The van der Waals surface area contributed by atoms with Crippen LogP contribution in [0.15, 0.2) is 47.4 Å². The minimum atomic E-state index is -0.163. The zero-order valence-electron chi connectivity index (χ0n) is 12.3. The van der Waals surface area contributed by atoms with Crippen LogP contribution in [0.2, 0.25) is 0 Å². The highest BCUT2D eigenvalue weighted by Gasteiger charge is 2.18. The molecule has 0 saturated carbocycles. The van der Waals surface area contributed by atoms with Gasteiger partial charge in [0.2, 0.25) is 0 Å². The van der Waals surface area contributed by atoms with Gasteiger partial charge in [0.05, 0.1) is 0 Å². The summed E-state index contributed by atoms with van der Waals surface area (Å²) in [6.45, 7) is 1.59. The maximum absolute atomic E-state index is 12.3. The number of urea groups is 1. The van der Waals surface area contributed by atoms with Crippen molar-refractivity contribution in [3.05, 3.63) is 69.6 Å². The first-order valence-corrected chi connectivity index (χ1v) is 7.50. The first-order valence-electron chi connectivity index (χ1n) is 7.50. The molecule has 0 unspecified atom stereocenters. The van der Waals surface area contributed by atoms with E-state index in [4.69, 9.17) is 0 Å². The molecule has 0 radical (unpaired) electrons. The molecule has 2 N–H and O–H groups in total. The van der Waals surface area contributed by atoms with E-state index in [0.29, 0.717) is 12.1 Å². The highest BCUT2D eigenvalue weighted by molar-refractivity contribution is 5.74. The van der Waals surface area contributed by atoms with Gasteiger partial charge in [-0.1, -0.05) is 30.3 Å². The van der Waals surface area contributed by atoms with E-state index in [1.54, 1.807) is 18.3 Å². The summed E-state index contributed by atoms with van der Waals surface area (Å²) in [5.74, 6) is 0. The summed E-state index contributed by atoms with van der Waals surface area (Å²) in [7, 11) is 0. The number of nitrogens with one attached hydrogen (secondary N) is 2. The Balaban J connectivity index is 1.65. The molecular weight excluding hydrogens is 278 g/mol. The van der Waals surface area contributed by atoms with Gasteiger partial charge < -0.3 is 15.2 Å². The van der Waals surface area contributed by atoms with Gasteiger partial charge in [0, 0.05) is 31.4 Å². The van der Waals surface area contributed by atoms with Crippen LogP contribution in [0.4, 0.5) is 4.79 Å². The quantitative estimate of drug-likeness (QED) is 0.891.